The standard InChI is InChI=1S/C21H37N/c1-4-8-19(12-7-13-21(22)9-5-2)10-6-11-20-16-14-18(3)15-17-20/h14-17,19,21H,4-13,22H2,1-3H3. The van der Waals surface area contributed by atoms with Gasteiger partial charge in [-0.3, -0.25) is 0 Å². The molecule has 1 rings (SSSR count). The van der Waals surface area contributed by atoms with E-state index >= 15 is 0 Å². The highest BCUT2D eigenvalue weighted by molar-refractivity contribution is 5.21. The second kappa shape index (κ2) is 11.7. The predicted octanol–water partition coefficient (Wildman–Crippen LogP) is 6.03. The summed E-state index contributed by atoms with van der Waals surface area (Å²) in [4.78, 5) is 0. The Morgan fingerprint density at radius 1 is 0.818 bits per heavy atom. The predicted molar refractivity (Wildman–Crippen MR) is 99.2 cm³/mol. The quantitative estimate of drug-likeness (QED) is 0.501. The highest BCUT2D eigenvalue weighted by Gasteiger charge is 2.09. The van der Waals surface area contributed by atoms with Crippen LogP contribution >= 0.6 is 0 Å². The largest absolute Gasteiger partial charge is 0.328 e. The summed E-state index contributed by atoms with van der Waals surface area (Å²) in [6, 6.07) is 9.46. The first-order valence-corrected chi connectivity index (χ1v) is 9.46. The Morgan fingerprint density at radius 2 is 1.45 bits per heavy atom. The molecule has 0 bridgehead atoms. The highest BCUT2D eigenvalue weighted by atomic mass is 14.6. The van der Waals surface area contributed by atoms with Gasteiger partial charge in [0.1, 0.15) is 0 Å². The van der Waals surface area contributed by atoms with Crippen LogP contribution in [-0.4, -0.2) is 6.04 Å². The Bertz CT molecular complexity index is 368. The molecule has 0 aliphatic heterocycles. The summed E-state index contributed by atoms with van der Waals surface area (Å²) in [5.41, 5.74) is 8.98. The van der Waals surface area contributed by atoms with Crippen LogP contribution < -0.4 is 5.73 Å². The molecule has 1 nitrogen and oxygen atoms in total. The first kappa shape index (κ1) is 19.2. The van der Waals surface area contributed by atoms with Gasteiger partial charge in [-0.25, -0.2) is 0 Å². The van der Waals surface area contributed by atoms with E-state index in [-0.39, 0.29) is 0 Å². The monoisotopic (exact) mass is 303 g/mol. The van der Waals surface area contributed by atoms with E-state index in [0.29, 0.717) is 6.04 Å². The molecular weight excluding hydrogens is 266 g/mol. The van der Waals surface area contributed by atoms with Crippen molar-refractivity contribution in [2.75, 3.05) is 0 Å². The van der Waals surface area contributed by atoms with Gasteiger partial charge in [-0.1, -0.05) is 82.2 Å². The third-order valence-corrected chi connectivity index (χ3v) is 4.74. The maximum absolute atomic E-state index is 6.13. The van der Waals surface area contributed by atoms with Gasteiger partial charge in [0, 0.05) is 6.04 Å². The van der Waals surface area contributed by atoms with Crippen molar-refractivity contribution in [3.05, 3.63) is 35.4 Å². The lowest BCUT2D eigenvalue weighted by atomic mass is 9.90. The summed E-state index contributed by atoms with van der Waals surface area (Å²) in [5.74, 6) is 0.907. The molecule has 0 aromatic heterocycles. The van der Waals surface area contributed by atoms with Gasteiger partial charge in [-0.2, -0.15) is 0 Å². The average molecular weight is 304 g/mol. The minimum Gasteiger partial charge on any atom is -0.328 e. The maximum atomic E-state index is 6.13. The smallest absolute Gasteiger partial charge is 0.00387 e. The Balaban J connectivity index is 2.23. The minimum atomic E-state index is 0.430. The van der Waals surface area contributed by atoms with Gasteiger partial charge in [-0.05, 0) is 44.1 Å². The summed E-state index contributed by atoms with van der Waals surface area (Å²) < 4.78 is 0. The van der Waals surface area contributed by atoms with Crippen molar-refractivity contribution in [2.24, 2.45) is 11.7 Å². The van der Waals surface area contributed by atoms with Gasteiger partial charge >= 0.3 is 0 Å². The Kier molecular flexibility index (Phi) is 10.2. The van der Waals surface area contributed by atoms with Crippen LogP contribution in [-0.2, 0) is 6.42 Å². The number of rotatable bonds is 12. The third kappa shape index (κ3) is 8.58. The molecule has 0 fully saturated rings. The molecule has 1 aromatic rings. The van der Waals surface area contributed by atoms with Gasteiger partial charge in [0.2, 0.25) is 0 Å². The van der Waals surface area contributed by atoms with Crippen LogP contribution in [0.1, 0.15) is 82.8 Å². The van der Waals surface area contributed by atoms with Crippen LogP contribution in [0.2, 0.25) is 0 Å². The molecule has 22 heavy (non-hydrogen) atoms. The zero-order chi connectivity index (χ0) is 16.2. The third-order valence-electron chi connectivity index (χ3n) is 4.74. The second-order valence-electron chi connectivity index (χ2n) is 7.01. The number of aryl methyl sites for hydroxylation is 2. The molecule has 0 aliphatic carbocycles. The fraction of sp³-hybridized carbons (Fsp3) is 0.714. The molecule has 2 atom stereocenters. The molecule has 2 unspecified atom stereocenters. The van der Waals surface area contributed by atoms with Gasteiger partial charge < -0.3 is 5.73 Å². The Hall–Kier alpha value is -0.820. The van der Waals surface area contributed by atoms with E-state index in [9.17, 15) is 0 Å². The normalized spacial score (nSPS) is 14.0. The van der Waals surface area contributed by atoms with Crippen LogP contribution in [0.5, 0.6) is 0 Å². The van der Waals surface area contributed by atoms with Gasteiger partial charge in [-0.15, -0.1) is 0 Å². The summed E-state index contributed by atoms with van der Waals surface area (Å²) in [7, 11) is 0. The zero-order valence-corrected chi connectivity index (χ0v) is 15.1. The van der Waals surface area contributed by atoms with E-state index in [1.807, 2.05) is 0 Å². The van der Waals surface area contributed by atoms with Crippen molar-refractivity contribution in [3.8, 4) is 0 Å². The maximum Gasteiger partial charge on any atom is 0.00387 e. The SMILES string of the molecule is CCCC(N)CCCC(CCC)CCCc1ccc(C)cc1. The van der Waals surface area contributed by atoms with Gasteiger partial charge in [0.05, 0.1) is 0 Å². The van der Waals surface area contributed by atoms with E-state index in [1.165, 1.54) is 75.3 Å². The second-order valence-corrected chi connectivity index (χ2v) is 7.01. The van der Waals surface area contributed by atoms with E-state index in [4.69, 9.17) is 5.73 Å². The molecule has 1 aromatic carbocycles. The van der Waals surface area contributed by atoms with Crippen molar-refractivity contribution >= 4 is 0 Å². The fourth-order valence-electron chi connectivity index (χ4n) is 3.37. The molecule has 0 heterocycles. The van der Waals surface area contributed by atoms with E-state index in [0.717, 1.165) is 5.92 Å². The molecule has 0 aliphatic rings. The van der Waals surface area contributed by atoms with Crippen LogP contribution in [0, 0.1) is 12.8 Å². The van der Waals surface area contributed by atoms with Crippen LogP contribution in [0.3, 0.4) is 0 Å². The van der Waals surface area contributed by atoms with Crippen LogP contribution in [0.15, 0.2) is 24.3 Å². The van der Waals surface area contributed by atoms with Crippen molar-refractivity contribution in [2.45, 2.75) is 91.0 Å². The first-order valence-electron chi connectivity index (χ1n) is 9.46. The number of benzene rings is 1. The van der Waals surface area contributed by atoms with Crippen molar-refractivity contribution in [3.63, 3.8) is 0 Å². The average Bonchev–Trinajstić information content (AvgIpc) is 2.49. The molecule has 0 radical (unpaired) electrons. The molecule has 0 saturated carbocycles. The molecule has 126 valence electrons. The zero-order valence-electron chi connectivity index (χ0n) is 15.1. The van der Waals surface area contributed by atoms with E-state index in [2.05, 4.69) is 45.0 Å². The topological polar surface area (TPSA) is 26.0 Å². The molecule has 1 heteroatoms. The Labute approximate surface area is 138 Å². The molecular formula is C21H37N. The molecule has 0 saturated heterocycles. The number of hydrogen-bond acceptors (Lipinski definition) is 1. The lowest BCUT2D eigenvalue weighted by Gasteiger charge is -2.17. The molecule has 0 spiro atoms. The lowest BCUT2D eigenvalue weighted by Crippen LogP contribution is -2.19. The Morgan fingerprint density at radius 3 is 2.09 bits per heavy atom. The summed E-state index contributed by atoms with van der Waals surface area (Å²) in [6.07, 6.45) is 13.0. The van der Waals surface area contributed by atoms with E-state index in [1.54, 1.807) is 0 Å². The summed E-state index contributed by atoms with van der Waals surface area (Å²) >= 11 is 0. The van der Waals surface area contributed by atoms with Gasteiger partial charge in [0.15, 0.2) is 0 Å². The van der Waals surface area contributed by atoms with Crippen molar-refractivity contribution < 1.29 is 0 Å². The molecule has 2 N–H and O–H groups in total. The lowest BCUT2D eigenvalue weighted by molar-refractivity contribution is 0.378. The van der Waals surface area contributed by atoms with E-state index < -0.39 is 0 Å². The fourth-order valence-corrected chi connectivity index (χ4v) is 3.37. The van der Waals surface area contributed by atoms with Crippen LogP contribution in [0.4, 0.5) is 0 Å². The molecule has 0 amide bonds. The highest BCUT2D eigenvalue weighted by Crippen LogP contribution is 2.22. The van der Waals surface area contributed by atoms with Crippen molar-refractivity contribution in [1.29, 1.82) is 0 Å². The first-order chi connectivity index (χ1) is 10.7. The number of hydrogen-bond donors (Lipinski definition) is 1. The minimum absolute atomic E-state index is 0.430. The summed E-state index contributed by atoms with van der Waals surface area (Å²) in [6.45, 7) is 6.70. The van der Waals surface area contributed by atoms with Crippen LogP contribution in [0.25, 0.3) is 0 Å². The summed E-state index contributed by atoms with van der Waals surface area (Å²) in [5, 5.41) is 0. The van der Waals surface area contributed by atoms with Crippen molar-refractivity contribution in [1.82, 2.24) is 0 Å². The van der Waals surface area contributed by atoms with Gasteiger partial charge in [0.25, 0.3) is 0 Å². The number of nitrogens with two attached hydrogens (primary N) is 1.